The number of ether oxygens (including phenoxy) is 4. The van der Waals surface area contributed by atoms with Gasteiger partial charge in [0, 0.05) is 36.5 Å². The average Bonchev–Trinajstić information content (AvgIpc) is 2.78. The van der Waals surface area contributed by atoms with Crippen LogP contribution in [0.2, 0.25) is 0 Å². The molecule has 2 N–H and O–H groups in total. The molecule has 8 nitrogen and oxygen atoms in total. The van der Waals surface area contributed by atoms with Gasteiger partial charge in [-0.3, -0.25) is 9.59 Å². The highest BCUT2D eigenvalue weighted by molar-refractivity contribution is 7.99. The van der Waals surface area contributed by atoms with E-state index in [4.69, 9.17) is 18.9 Å². The standard InChI is InChI=1S/C22H28N2O6S/c1-27-15-5-7-19(29-3)17(13-15)23-21(25)9-11-31-12-10-22(26)24-18-14-16(28-2)6-8-20(18)30-4/h5-8,13-14H,9-12H2,1-4H3,(H,23,25)(H,24,26). The normalized spacial score (nSPS) is 10.2. The highest BCUT2D eigenvalue weighted by atomic mass is 32.2. The van der Waals surface area contributed by atoms with Crippen LogP contribution in [0, 0.1) is 0 Å². The maximum atomic E-state index is 12.2. The van der Waals surface area contributed by atoms with Gasteiger partial charge in [-0.25, -0.2) is 0 Å². The van der Waals surface area contributed by atoms with Crippen LogP contribution >= 0.6 is 11.8 Å². The number of amides is 2. The lowest BCUT2D eigenvalue weighted by Gasteiger charge is -2.12. The van der Waals surface area contributed by atoms with Crippen molar-refractivity contribution < 1.29 is 28.5 Å². The van der Waals surface area contributed by atoms with Gasteiger partial charge in [0.1, 0.15) is 23.0 Å². The number of anilines is 2. The first kappa shape index (κ1) is 24.2. The lowest BCUT2D eigenvalue weighted by Crippen LogP contribution is -2.14. The maximum absolute atomic E-state index is 12.2. The van der Waals surface area contributed by atoms with Crippen LogP contribution in [0.1, 0.15) is 12.8 Å². The topological polar surface area (TPSA) is 95.1 Å². The molecule has 168 valence electrons. The first-order valence-corrected chi connectivity index (χ1v) is 10.8. The van der Waals surface area contributed by atoms with E-state index in [1.807, 2.05) is 0 Å². The van der Waals surface area contributed by atoms with Crippen molar-refractivity contribution in [1.82, 2.24) is 0 Å². The van der Waals surface area contributed by atoms with Crippen molar-refractivity contribution in [3.8, 4) is 23.0 Å². The molecule has 0 unspecified atom stereocenters. The summed E-state index contributed by atoms with van der Waals surface area (Å²) in [5, 5.41) is 5.66. The molecule has 0 fully saturated rings. The van der Waals surface area contributed by atoms with E-state index in [1.165, 1.54) is 11.8 Å². The molecular weight excluding hydrogens is 420 g/mol. The molecule has 0 bridgehead atoms. The fraction of sp³-hybridized carbons (Fsp3) is 0.364. The van der Waals surface area contributed by atoms with Crippen molar-refractivity contribution in [3.63, 3.8) is 0 Å². The van der Waals surface area contributed by atoms with E-state index in [-0.39, 0.29) is 11.8 Å². The number of hydrogen-bond donors (Lipinski definition) is 2. The van der Waals surface area contributed by atoms with Crippen molar-refractivity contribution in [2.75, 3.05) is 50.6 Å². The van der Waals surface area contributed by atoms with Crippen LogP contribution < -0.4 is 29.6 Å². The van der Waals surface area contributed by atoms with Crippen molar-refractivity contribution >= 4 is 35.0 Å². The zero-order valence-electron chi connectivity index (χ0n) is 18.2. The van der Waals surface area contributed by atoms with Crippen molar-refractivity contribution in [2.45, 2.75) is 12.8 Å². The van der Waals surface area contributed by atoms with E-state index >= 15 is 0 Å². The molecule has 0 spiro atoms. The van der Waals surface area contributed by atoms with E-state index in [2.05, 4.69) is 10.6 Å². The largest absolute Gasteiger partial charge is 0.497 e. The minimum atomic E-state index is -0.135. The fourth-order valence-corrected chi connectivity index (χ4v) is 3.54. The summed E-state index contributed by atoms with van der Waals surface area (Å²) >= 11 is 1.53. The summed E-state index contributed by atoms with van der Waals surface area (Å²) in [4.78, 5) is 24.4. The second kappa shape index (κ2) is 12.6. The monoisotopic (exact) mass is 448 g/mol. The van der Waals surface area contributed by atoms with Crippen LogP contribution in [-0.4, -0.2) is 51.8 Å². The highest BCUT2D eigenvalue weighted by Gasteiger charge is 2.11. The maximum Gasteiger partial charge on any atom is 0.225 e. The molecule has 2 aromatic rings. The Balaban J connectivity index is 1.73. The van der Waals surface area contributed by atoms with E-state index in [1.54, 1.807) is 64.8 Å². The number of nitrogens with one attached hydrogen (secondary N) is 2. The summed E-state index contributed by atoms with van der Waals surface area (Å²) in [6.45, 7) is 0. The van der Waals surface area contributed by atoms with Gasteiger partial charge in [0.2, 0.25) is 11.8 Å². The number of hydrogen-bond acceptors (Lipinski definition) is 7. The van der Waals surface area contributed by atoms with Crippen LogP contribution in [0.15, 0.2) is 36.4 Å². The number of rotatable bonds is 12. The SMILES string of the molecule is COc1ccc(OC)c(NC(=O)CCSCCC(=O)Nc2cc(OC)ccc2OC)c1. The predicted octanol–water partition coefficient (Wildman–Crippen LogP) is 3.81. The predicted molar refractivity (Wildman–Crippen MR) is 123 cm³/mol. The number of carbonyl (C=O) groups excluding carboxylic acids is 2. The molecule has 2 amide bonds. The first-order chi connectivity index (χ1) is 15.0. The third kappa shape index (κ3) is 7.60. The van der Waals surface area contributed by atoms with Crippen LogP contribution in [0.5, 0.6) is 23.0 Å². The van der Waals surface area contributed by atoms with Crippen LogP contribution in [0.25, 0.3) is 0 Å². The molecular formula is C22H28N2O6S. The summed E-state index contributed by atoms with van der Waals surface area (Å²) in [6, 6.07) is 10.4. The molecule has 0 heterocycles. The Hall–Kier alpha value is -3.07. The van der Waals surface area contributed by atoms with E-state index in [9.17, 15) is 9.59 Å². The van der Waals surface area contributed by atoms with E-state index in [0.29, 0.717) is 58.7 Å². The Morgan fingerprint density at radius 1 is 0.710 bits per heavy atom. The minimum Gasteiger partial charge on any atom is -0.497 e. The van der Waals surface area contributed by atoms with Gasteiger partial charge >= 0.3 is 0 Å². The summed E-state index contributed by atoms with van der Waals surface area (Å²) < 4.78 is 20.9. The van der Waals surface area contributed by atoms with Gasteiger partial charge in [-0.2, -0.15) is 11.8 Å². The molecule has 31 heavy (non-hydrogen) atoms. The summed E-state index contributed by atoms with van der Waals surface area (Å²) in [5.41, 5.74) is 1.12. The smallest absolute Gasteiger partial charge is 0.225 e. The lowest BCUT2D eigenvalue weighted by molar-refractivity contribution is -0.116. The van der Waals surface area contributed by atoms with Crippen molar-refractivity contribution in [2.24, 2.45) is 0 Å². The number of carbonyl (C=O) groups is 2. The third-order valence-electron chi connectivity index (χ3n) is 4.31. The molecule has 2 rings (SSSR count). The summed E-state index contributed by atoms with van der Waals surface area (Å²) in [5.74, 6) is 3.29. The molecule has 0 aliphatic rings. The fourth-order valence-electron chi connectivity index (χ4n) is 2.68. The van der Waals surface area contributed by atoms with Gasteiger partial charge in [-0.15, -0.1) is 0 Å². The Labute approximate surface area is 186 Å². The average molecular weight is 449 g/mol. The van der Waals surface area contributed by atoms with Crippen LogP contribution in [-0.2, 0) is 9.59 Å². The molecule has 0 aromatic heterocycles. The Morgan fingerprint density at radius 2 is 1.13 bits per heavy atom. The minimum absolute atomic E-state index is 0.135. The van der Waals surface area contributed by atoms with Crippen LogP contribution in [0.3, 0.4) is 0 Å². The Bertz CT molecular complexity index is 819. The van der Waals surface area contributed by atoms with Crippen LogP contribution in [0.4, 0.5) is 11.4 Å². The molecule has 0 saturated carbocycles. The van der Waals surface area contributed by atoms with Gasteiger partial charge in [0.05, 0.1) is 39.8 Å². The van der Waals surface area contributed by atoms with Gasteiger partial charge < -0.3 is 29.6 Å². The number of thioether (sulfide) groups is 1. The van der Waals surface area contributed by atoms with Gasteiger partial charge in [0.15, 0.2) is 0 Å². The molecule has 0 aliphatic carbocycles. The zero-order chi connectivity index (χ0) is 22.6. The second-order valence-corrected chi connectivity index (χ2v) is 7.57. The molecule has 0 radical (unpaired) electrons. The van der Waals surface area contributed by atoms with Gasteiger partial charge in [-0.1, -0.05) is 0 Å². The molecule has 0 atom stereocenters. The second-order valence-electron chi connectivity index (χ2n) is 6.34. The van der Waals surface area contributed by atoms with E-state index in [0.717, 1.165) is 0 Å². The zero-order valence-corrected chi connectivity index (χ0v) is 19.0. The molecule has 0 saturated heterocycles. The van der Waals surface area contributed by atoms with Crippen molar-refractivity contribution in [3.05, 3.63) is 36.4 Å². The molecule has 2 aromatic carbocycles. The highest BCUT2D eigenvalue weighted by Crippen LogP contribution is 2.30. The molecule has 9 heteroatoms. The first-order valence-electron chi connectivity index (χ1n) is 9.62. The lowest BCUT2D eigenvalue weighted by atomic mass is 10.2. The van der Waals surface area contributed by atoms with Crippen molar-refractivity contribution in [1.29, 1.82) is 0 Å². The Morgan fingerprint density at radius 3 is 1.48 bits per heavy atom. The van der Waals surface area contributed by atoms with Gasteiger partial charge in [-0.05, 0) is 24.3 Å². The quantitative estimate of drug-likeness (QED) is 0.477. The Kier molecular flexibility index (Phi) is 9.83. The summed E-state index contributed by atoms with van der Waals surface area (Å²) in [7, 11) is 6.20. The summed E-state index contributed by atoms with van der Waals surface area (Å²) in [6.07, 6.45) is 0.632. The van der Waals surface area contributed by atoms with E-state index < -0.39 is 0 Å². The number of benzene rings is 2. The van der Waals surface area contributed by atoms with Gasteiger partial charge in [0.25, 0.3) is 0 Å². The number of methoxy groups -OCH3 is 4. The molecule has 0 aliphatic heterocycles. The third-order valence-corrected chi connectivity index (χ3v) is 5.29.